The van der Waals surface area contributed by atoms with Crippen molar-refractivity contribution in [2.45, 2.75) is 34.6 Å². The molecule has 0 bridgehead atoms. The molecule has 4 nitrogen and oxygen atoms in total. The smallest absolute Gasteiger partial charge is 0.151 e. The molecule has 0 aliphatic rings. The van der Waals surface area contributed by atoms with Crippen LogP contribution in [-0.2, 0) is 0 Å². The molecule has 4 heteroatoms. The van der Waals surface area contributed by atoms with Gasteiger partial charge in [-0.05, 0) is 45.7 Å². The topological polar surface area (TPSA) is 43.1 Å². The van der Waals surface area contributed by atoms with E-state index < -0.39 is 0 Å². The SMILES string of the molecule is Cc1cc(C)c(C=Nn2c(C)nnc2C)c(C)c1. The van der Waals surface area contributed by atoms with Crippen LogP contribution in [0.2, 0.25) is 0 Å². The number of hydrogen-bond donors (Lipinski definition) is 0. The Kier molecular flexibility index (Phi) is 3.28. The zero-order valence-electron chi connectivity index (χ0n) is 11.5. The lowest BCUT2D eigenvalue weighted by Gasteiger charge is -2.06. The predicted octanol–water partition coefficient (Wildman–Crippen LogP) is 2.70. The number of hydrogen-bond acceptors (Lipinski definition) is 3. The van der Waals surface area contributed by atoms with Crippen molar-refractivity contribution in [3.8, 4) is 0 Å². The van der Waals surface area contributed by atoms with Gasteiger partial charge in [0.05, 0.1) is 6.21 Å². The van der Waals surface area contributed by atoms with Crippen LogP contribution in [0, 0.1) is 34.6 Å². The number of benzene rings is 1. The highest BCUT2D eigenvalue weighted by molar-refractivity contribution is 5.83. The Labute approximate surface area is 107 Å². The molecule has 0 unspecified atom stereocenters. The average Bonchev–Trinajstić information content (AvgIpc) is 2.58. The van der Waals surface area contributed by atoms with Crippen LogP contribution < -0.4 is 0 Å². The normalized spacial score (nSPS) is 11.4. The lowest BCUT2D eigenvalue weighted by Crippen LogP contribution is -1.99. The van der Waals surface area contributed by atoms with Gasteiger partial charge in [-0.2, -0.15) is 5.10 Å². The van der Waals surface area contributed by atoms with Gasteiger partial charge in [0.25, 0.3) is 0 Å². The van der Waals surface area contributed by atoms with Gasteiger partial charge in [-0.15, -0.1) is 10.2 Å². The zero-order chi connectivity index (χ0) is 13.3. The highest BCUT2D eigenvalue weighted by Crippen LogP contribution is 2.14. The van der Waals surface area contributed by atoms with Gasteiger partial charge in [-0.25, -0.2) is 4.68 Å². The summed E-state index contributed by atoms with van der Waals surface area (Å²) in [6.45, 7) is 10.1. The summed E-state index contributed by atoms with van der Waals surface area (Å²) in [5, 5.41) is 12.4. The van der Waals surface area contributed by atoms with Crippen molar-refractivity contribution < 1.29 is 0 Å². The van der Waals surface area contributed by atoms with Crippen LogP contribution in [0.25, 0.3) is 0 Å². The molecule has 0 N–H and O–H groups in total. The molecule has 1 aromatic heterocycles. The van der Waals surface area contributed by atoms with Gasteiger partial charge >= 0.3 is 0 Å². The van der Waals surface area contributed by atoms with Crippen molar-refractivity contribution in [1.82, 2.24) is 14.9 Å². The molecule has 2 aromatic rings. The maximum absolute atomic E-state index is 4.45. The third kappa shape index (κ3) is 2.32. The highest BCUT2D eigenvalue weighted by atomic mass is 15.4. The molecule has 0 fully saturated rings. The first kappa shape index (κ1) is 12.5. The molecule has 2 rings (SSSR count). The van der Waals surface area contributed by atoms with E-state index in [1.54, 1.807) is 4.68 Å². The van der Waals surface area contributed by atoms with E-state index in [1.807, 2.05) is 20.1 Å². The molecule has 0 saturated heterocycles. The second-order valence-corrected chi connectivity index (χ2v) is 4.66. The summed E-state index contributed by atoms with van der Waals surface area (Å²) in [5.74, 6) is 1.59. The number of nitrogens with zero attached hydrogens (tertiary/aromatic N) is 4. The molecule has 0 aliphatic carbocycles. The van der Waals surface area contributed by atoms with E-state index in [2.05, 4.69) is 48.2 Å². The van der Waals surface area contributed by atoms with Crippen LogP contribution in [0.4, 0.5) is 0 Å². The van der Waals surface area contributed by atoms with Crippen molar-refractivity contribution in [2.24, 2.45) is 5.10 Å². The summed E-state index contributed by atoms with van der Waals surface area (Å²) in [7, 11) is 0. The summed E-state index contributed by atoms with van der Waals surface area (Å²) in [5.41, 5.74) is 4.91. The second kappa shape index (κ2) is 4.72. The summed E-state index contributed by atoms with van der Waals surface area (Å²) < 4.78 is 1.75. The Morgan fingerprint density at radius 1 is 0.944 bits per heavy atom. The van der Waals surface area contributed by atoms with E-state index in [1.165, 1.54) is 16.7 Å². The molecule has 1 aromatic carbocycles. The lowest BCUT2D eigenvalue weighted by atomic mass is 10.0. The number of aromatic nitrogens is 3. The summed E-state index contributed by atoms with van der Waals surface area (Å²) in [6, 6.07) is 4.33. The fourth-order valence-corrected chi connectivity index (χ4v) is 2.14. The van der Waals surface area contributed by atoms with E-state index in [-0.39, 0.29) is 0 Å². The highest BCUT2D eigenvalue weighted by Gasteiger charge is 2.04. The monoisotopic (exact) mass is 242 g/mol. The molecule has 0 aliphatic heterocycles. The Morgan fingerprint density at radius 2 is 1.44 bits per heavy atom. The van der Waals surface area contributed by atoms with Crippen molar-refractivity contribution in [3.63, 3.8) is 0 Å². The minimum absolute atomic E-state index is 0.797. The van der Waals surface area contributed by atoms with Gasteiger partial charge in [0.15, 0.2) is 11.6 Å². The van der Waals surface area contributed by atoms with Crippen LogP contribution >= 0.6 is 0 Å². The minimum Gasteiger partial charge on any atom is -0.202 e. The first-order chi connectivity index (χ1) is 8.49. The molecule has 0 saturated carbocycles. The van der Waals surface area contributed by atoms with Gasteiger partial charge in [0.2, 0.25) is 0 Å². The van der Waals surface area contributed by atoms with Crippen molar-refractivity contribution in [2.75, 3.05) is 0 Å². The van der Waals surface area contributed by atoms with Crippen molar-refractivity contribution in [3.05, 3.63) is 46.0 Å². The zero-order valence-corrected chi connectivity index (χ0v) is 11.5. The third-order valence-corrected chi connectivity index (χ3v) is 2.99. The molecule has 0 spiro atoms. The van der Waals surface area contributed by atoms with Crippen LogP contribution in [-0.4, -0.2) is 21.1 Å². The Bertz CT molecular complexity index is 566. The van der Waals surface area contributed by atoms with Gasteiger partial charge in [-0.3, -0.25) is 0 Å². The van der Waals surface area contributed by atoms with E-state index in [0.29, 0.717) is 0 Å². The summed E-state index contributed by atoms with van der Waals surface area (Å²) in [4.78, 5) is 0. The number of rotatable bonds is 2. The summed E-state index contributed by atoms with van der Waals surface area (Å²) >= 11 is 0. The van der Waals surface area contributed by atoms with Crippen LogP contribution in [0.3, 0.4) is 0 Å². The Morgan fingerprint density at radius 3 is 1.94 bits per heavy atom. The van der Waals surface area contributed by atoms with E-state index in [0.717, 1.165) is 17.2 Å². The predicted molar refractivity (Wildman–Crippen MR) is 73.1 cm³/mol. The molecule has 0 atom stereocenters. The van der Waals surface area contributed by atoms with Crippen LogP contribution in [0.1, 0.15) is 33.9 Å². The second-order valence-electron chi connectivity index (χ2n) is 4.66. The Balaban J connectivity index is 2.41. The van der Waals surface area contributed by atoms with Gasteiger partial charge in [0, 0.05) is 5.56 Å². The van der Waals surface area contributed by atoms with Crippen LogP contribution in [0.15, 0.2) is 17.2 Å². The van der Waals surface area contributed by atoms with Crippen molar-refractivity contribution in [1.29, 1.82) is 0 Å². The summed E-state index contributed by atoms with van der Waals surface area (Å²) in [6.07, 6.45) is 1.88. The first-order valence-electron chi connectivity index (χ1n) is 6.00. The van der Waals surface area contributed by atoms with E-state index >= 15 is 0 Å². The van der Waals surface area contributed by atoms with Gasteiger partial charge in [-0.1, -0.05) is 17.7 Å². The van der Waals surface area contributed by atoms with Gasteiger partial charge in [0.1, 0.15) is 0 Å². The third-order valence-electron chi connectivity index (χ3n) is 2.99. The largest absolute Gasteiger partial charge is 0.202 e. The average molecular weight is 242 g/mol. The molecular weight excluding hydrogens is 224 g/mol. The molecular formula is C14H18N4. The molecule has 0 radical (unpaired) electrons. The standard InChI is InChI=1S/C14H18N4/c1-9-6-10(2)14(11(3)7-9)8-15-18-12(4)16-17-13(18)5/h6-8H,1-5H3. The maximum Gasteiger partial charge on any atom is 0.151 e. The Hall–Kier alpha value is -1.97. The quantitative estimate of drug-likeness (QED) is 0.760. The molecule has 94 valence electrons. The first-order valence-corrected chi connectivity index (χ1v) is 6.00. The van der Waals surface area contributed by atoms with E-state index in [9.17, 15) is 0 Å². The van der Waals surface area contributed by atoms with Crippen molar-refractivity contribution >= 4 is 6.21 Å². The molecule has 0 amide bonds. The lowest BCUT2D eigenvalue weighted by molar-refractivity contribution is 0.798. The molecule has 18 heavy (non-hydrogen) atoms. The van der Waals surface area contributed by atoms with Crippen LogP contribution in [0.5, 0.6) is 0 Å². The molecule has 1 heterocycles. The maximum atomic E-state index is 4.45. The number of aryl methyl sites for hydroxylation is 5. The minimum atomic E-state index is 0.797. The fraction of sp³-hybridized carbons (Fsp3) is 0.357. The van der Waals surface area contributed by atoms with Gasteiger partial charge < -0.3 is 0 Å². The van der Waals surface area contributed by atoms with E-state index in [4.69, 9.17) is 0 Å². The fourth-order valence-electron chi connectivity index (χ4n) is 2.14.